The van der Waals surface area contributed by atoms with Crippen molar-refractivity contribution in [2.75, 3.05) is 23.7 Å². The first kappa shape index (κ1) is 21.3. The zero-order chi connectivity index (χ0) is 20.5. The van der Waals surface area contributed by atoms with Crippen molar-refractivity contribution in [1.82, 2.24) is 10.6 Å². The molecule has 0 aromatic heterocycles. The van der Waals surface area contributed by atoms with Crippen molar-refractivity contribution in [2.24, 2.45) is 0 Å². The minimum absolute atomic E-state index is 0.0355. The zero-order valence-corrected chi connectivity index (χ0v) is 16.1. The summed E-state index contributed by atoms with van der Waals surface area (Å²) < 4.78 is 26.8. The van der Waals surface area contributed by atoms with Gasteiger partial charge in [0.15, 0.2) is 11.6 Å². The van der Waals surface area contributed by atoms with E-state index in [-0.39, 0.29) is 25.2 Å². The van der Waals surface area contributed by atoms with Crippen LogP contribution in [0.3, 0.4) is 0 Å². The van der Waals surface area contributed by atoms with Crippen molar-refractivity contribution in [3.05, 3.63) is 58.6 Å². The van der Waals surface area contributed by atoms with Crippen LogP contribution in [0.15, 0.2) is 46.9 Å². The lowest BCUT2D eigenvalue weighted by atomic mass is 10.3. The van der Waals surface area contributed by atoms with Crippen molar-refractivity contribution in [1.29, 1.82) is 0 Å². The number of nitrogens with one attached hydrogen (secondary N) is 4. The fourth-order valence-electron chi connectivity index (χ4n) is 2.04. The Morgan fingerprint density at radius 3 is 2.18 bits per heavy atom. The SMILES string of the molecule is O=C(CCNC(=O)Nc1ccc(Br)cc1)NCC(=O)Nc1ccc(F)c(F)c1. The monoisotopic (exact) mass is 454 g/mol. The Balaban J connectivity index is 1.63. The molecule has 0 saturated heterocycles. The molecule has 0 atom stereocenters. The van der Waals surface area contributed by atoms with Crippen LogP contribution in [0.4, 0.5) is 25.0 Å². The van der Waals surface area contributed by atoms with E-state index in [0.29, 0.717) is 5.69 Å². The first-order valence-electron chi connectivity index (χ1n) is 8.15. The van der Waals surface area contributed by atoms with E-state index in [1.807, 2.05) is 0 Å². The van der Waals surface area contributed by atoms with Crippen LogP contribution in [-0.2, 0) is 9.59 Å². The van der Waals surface area contributed by atoms with Gasteiger partial charge in [-0.1, -0.05) is 15.9 Å². The Morgan fingerprint density at radius 1 is 0.821 bits per heavy atom. The van der Waals surface area contributed by atoms with Crippen molar-refractivity contribution in [3.8, 4) is 0 Å². The third kappa shape index (κ3) is 7.31. The van der Waals surface area contributed by atoms with Gasteiger partial charge in [-0.2, -0.15) is 0 Å². The quantitative estimate of drug-likeness (QED) is 0.517. The molecule has 0 radical (unpaired) electrons. The minimum atomic E-state index is -1.09. The van der Waals surface area contributed by atoms with Crippen molar-refractivity contribution >= 4 is 45.2 Å². The van der Waals surface area contributed by atoms with Crippen LogP contribution in [0, 0.1) is 11.6 Å². The van der Waals surface area contributed by atoms with Crippen LogP contribution in [0.25, 0.3) is 0 Å². The van der Waals surface area contributed by atoms with E-state index < -0.39 is 29.5 Å². The van der Waals surface area contributed by atoms with Crippen LogP contribution in [0.2, 0.25) is 0 Å². The van der Waals surface area contributed by atoms with Gasteiger partial charge in [0, 0.05) is 34.9 Å². The Hall–Kier alpha value is -3.01. The molecular formula is C18H17BrF2N4O3. The minimum Gasteiger partial charge on any atom is -0.347 e. The van der Waals surface area contributed by atoms with E-state index in [1.165, 1.54) is 6.07 Å². The smallest absolute Gasteiger partial charge is 0.319 e. The van der Waals surface area contributed by atoms with Crippen LogP contribution in [0.1, 0.15) is 6.42 Å². The Labute approximate surface area is 168 Å². The second kappa shape index (κ2) is 10.4. The van der Waals surface area contributed by atoms with E-state index in [1.54, 1.807) is 24.3 Å². The number of carbonyl (C=O) groups excluding carboxylic acids is 3. The number of hydrogen-bond acceptors (Lipinski definition) is 3. The van der Waals surface area contributed by atoms with Crippen LogP contribution >= 0.6 is 15.9 Å². The lowest BCUT2D eigenvalue weighted by Gasteiger charge is -2.09. The Kier molecular flexibility index (Phi) is 7.88. The summed E-state index contributed by atoms with van der Waals surface area (Å²) in [4.78, 5) is 35.1. The Morgan fingerprint density at radius 2 is 1.50 bits per heavy atom. The first-order valence-corrected chi connectivity index (χ1v) is 8.95. The van der Waals surface area contributed by atoms with Crippen molar-refractivity contribution in [3.63, 3.8) is 0 Å². The number of amides is 4. The second-order valence-electron chi connectivity index (χ2n) is 5.59. The summed E-state index contributed by atoms with van der Waals surface area (Å²) in [6, 6.07) is 9.42. The summed E-state index contributed by atoms with van der Waals surface area (Å²) in [6.07, 6.45) is -0.0355. The molecular weight excluding hydrogens is 438 g/mol. The van der Waals surface area contributed by atoms with Gasteiger partial charge in [0.25, 0.3) is 0 Å². The van der Waals surface area contributed by atoms with Crippen molar-refractivity contribution < 1.29 is 23.2 Å². The normalized spacial score (nSPS) is 10.1. The summed E-state index contributed by atoms with van der Waals surface area (Å²) in [5.74, 6) is -3.16. The molecule has 28 heavy (non-hydrogen) atoms. The fraction of sp³-hybridized carbons (Fsp3) is 0.167. The maximum atomic E-state index is 13.1. The van der Waals surface area contributed by atoms with Gasteiger partial charge in [0.1, 0.15) is 0 Å². The molecule has 0 aliphatic rings. The standard InChI is InChI=1S/C18H17BrF2N4O3/c19-11-1-3-12(4-2-11)25-18(28)22-8-7-16(26)23-10-17(27)24-13-5-6-14(20)15(21)9-13/h1-6,9H,7-8,10H2,(H,23,26)(H,24,27)(H2,22,25,28). The summed E-state index contributed by atoms with van der Waals surface area (Å²) >= 11 is 3.29. The molecule has 0 aliphatic heterocycles. The molecule has 0 fully saturated rings. The number of benzene rings is 2. The first-order chi connectivity index (χ1) is 13.3. The van der Waals surface area contributed by atoms with E-state index in [9.17, 15) is 23.2 Å². The molecule has 2 rings (SSSR count). The predicted molar refractivity (Wildman–Crippen MR) is 104 cm³/mol. The van der Waals surface area contributed by atoms with Crippen molar-refractivity contribution in [2.45, 2.75) is 6.42 Å². The average Bonchev–Trinajstić information content (AvgIpc) is 2.65. The third-order valence-electron chi connectivity index (χ3n) is 3.39. The van der Waals surface area contributed by atoms with Gasteiger partial charge in [0.2, 0.25) is 11.8 Å². The molecule has 7 nitrogen and oxygen atoms in total. The summed E-state index contributed by atoms with van der Waals surface area (Å²) in [5.41, 5.74) is 0.670. The molecule has 2 aromatic carbocycles. The molecule has 0 saturated carbocycles. The maximum Gasteiger partial charge on any atom is 0.319 e. The number of hydrogen-bond donors (Lipinski definition) is 4. The molecule has 0 spiro atoms. The molecule has 0 heterocycles. The molecule has 0 aliphatic carbocycles. The van der Waals surface area contributed by atoms with Crippen LogP contribution < -0.4 is 21.3 Å². The van der Waals surface area contributed by atoms with Gasteiger partial charge < -0.3 is 21.3 Å². The van der Waals surface area contributed by atoms with E-state index >= 15 is 0 Å². The van der Waals surface area contributed by atoms with E-state index in [4.69, 9.17) is 0 Å². The lowest BCUT2D eigenvalue weighted by Crippen LogP contribution is -2.36. The summed E-state index contributed by atoms with van der Waals surface area (Å²) in [5, 5.41) is 9.81. The highest BCUT2D eigenvalue weighted by Gasteiger charge is 2.09. The maximum absolute atomic E-state index is 13.1. The van der Waals surface area contributed by atoms with Crippen LogP contribution in [-0.4, -0.2) is 30.9 Å². The predicted octanol–water partition coefficient (Wildman–Crippen LogP) is 2.99. The number of halogens is 3. The summed E-state index contributed by atoms with van der Waals surface area (Å²) in [6.45, 7) is -0.276. The molecule has 0 bridgehead atoms. The highest BCUT2D eigenvalue weighted by Crippen LogP contribution is 2.14. The number of rotatable bonds is 7. The van der Waals surface area contributed by atoms with Gasteiger partial charge in [0.05, 0.1) is 6.54 Å². The molecule has 10 heteroatoms. The fourth-order valence-corrected chi connectivity index (χ4v) is 2.31. The van der Waals surface area contributed by atoms with Gasteiger partial charge in [-0.05, 0) is 36.4 Å². The lowest BCUT2D eigenvalue weighted by molar-refractivity contribution is -0.124. The van der Waals surface area contributed by atoms with Gasteiger partial charge in [-0.3, -0.25) is 9.59 Å². The van der Waals surface area contributed by atoms with Gasteiger partial charge in [-0.25, -0.2) is 13.6 Å². The third-order valence-corrected chi connectivity index (χ3v) is 3.92. The Bertz CT molecular complexity index is 862. The highest BCUT2D eigenvalue weighted by molar-refractivity contribution is 9.10. The largest absolute Gasteiger partial charge is 0.347 e. The van der Waals surface area contributed by atoms with Gasteiger partial charge in [-0.15, -0.1) is 0 Å². The molecule has 4 amide bonds. The van der Waals surface area contributed by atoms with Crippen LogP contribution in [0.5, 0.6) is 0 Å². The van der Waals surface area contributed by atoms with E-state index in [2.05, 4.69) is 37.2 Å². The van der Waals surface area contributed by atoms with E-state index in [0.717, 1.165) is 16.6 Å². The number of urea groups is 1. The molecule has 148 valence electrons. The molecule has 2 aromatic rings. The number of anilines is 2. The topological polar surface area (TPSA) is 99.3 Å². The second-order valence-corrected chi connectivity index (χ2v) is 6.51. The average molecular weight is 455 g/mol. The molecule has 0 unspecified atom stereocenters. The zero-order valence-electron chi connectivity index (χ0n) is 14.5. The molecule has 4 N–H and O–H groups in total. The summed E-state index contributed by atoms with van der Waals surface area (Å²) in [7, 11) is 0. The number of carbonyl (C=O) groups is 3. The van der Waals surface area contributed by atoms with Gasteiger partial charge >= 0.3 is 6.03 Å². The highest BCUT2D eigenvalue weighted by atomic mass is 79.9.